The second-order valence-electron chi connectivity index (χ2n) is 12.2. The van der Waals surface area contributed by atoms with Crippen molar-refractivity contribution in [2.24, 2.45) is 0 Å². The van der Waals surface area contributed by atoms with Gasteiger partial charge in [-0.15, -0.1) is 0 Å². The number of aryl methyl sites for hydroxylation is 1. The molecule has 0 radical (unpaired) electrons. The number of nitrogens with zero attached hydrogens (tertiary/aromatic N) is 3. The Bertz CT molecular complexity index is 1730. The molecule has 2 N–H and O–H groups in total. The van der Waals surface area contributed by atoms with Gasteiger partial charge >= 0.3 is 12.1 Å². The van der Waals surface area contributed by atoms with Crippen molar-refractivity contribution in [1.29, 1.82) is 0 Å². The minimum atomic E-state index is -5.20. The highest BCUT2D eigenvalue weighted by molar-refractivity contribution is 7.92. The van der Waals surface area contributed by atoms with E-state index in [2.05, 4.69) is 0 Å². The summed E-state index contributed by atoms with van der Waals surface area (Å²) in [7, 11) is -3.84. The minimum absolute atomic E-state index is 0.0000468. The van der Waals surface area contributed by atoms with E-state index < -0.39 is 67.1 Å². The summed E-state index contributed by atoms with van der Waals surface area (Å²) >= 11 is 0. The highest BCUT2D eigenvalue weighted by atomic mass is 32.2. The summed E-state index contributed by atoms with van der Waals surface area (Å²) in [5.74, 6) is -2.73. The maximum Gasteiger partial charge on any atom is 0.419 e. The smallest absolute Gasteiger partial charge is 0.419 e. The molecule has 0 bridgehead atoms. The van der Waals surface area contributed by atoms with E-state index in [4.69, 9.17) is 5.11 Å². The van der Waals surface area contributed by atoms with E-state index >= 15 is 0 Å². The molecule has 15 heteroatoms. The third-order valence-corrected chi connectivity index (χ3v) is 11.5. The SMILES string of the molecule is O=C(O)CCc1ccc(S(=O)(=O)C2CCN(CC(O)(C3C[N+]([O-])(Cc4ccccc4)c4cc([N+](=O)[O-])ccc43)C(F)(F)F)CC2)cc1. The molecule has 2 aliphatic rings. The number of halogens is 3. The zero-order valence-corrected chi connectivity index (χ0v) is 26.0. The van der Waals surface area contributed by atoms with E-state index in [-0.39, 0.29) is 61.5 Å². The van der Waals surface area contributed by atoms with Crippen LogP contribution in [0.5, 0.6) is 0 Å². The Balaban J connectivity index is 1.36. The third kappa shape index (κ3) is 7.04. The molecule has 2 heterocycles. The lowest BCUT2D eigenvalue weighted by atomic mass is 9.81. The van der Waals surface area contributed by atoms with Crippen molar-refractivity contribution < 1.29 is 41.5 Å². The quantitative estimate of drug-likeness (QED) is 0.124. The number of fused-ring (bicyclic) bond motifs is 1. The van der Waals surface area contributed by atoms with Crippen molar-refractivity contribution in [3.05, 3.63) is 105 Å². The Morgan fingerprint density at radius 2 is 1.64 bits per heavy atom. The number of nitro groups is 1. The van der Waals surface area contributed by atoms with Crippen LogP contribution in [-0.4, -0.2) is 77.6 Å². The fourth-order valence-electron chi connectivity index (χ4n) is 6.63. The van der Waals surface area contributed by atoms with Crippen LogP contribution in [0.15, 0.2) is 77.7 Å². The molecule has 11 nitrogen and oxygen atoms in total. The van der Waals surface area contributed by atoms with Crippen LogP contribution < -0.4 is 4.65 Å². The number of β-amino-alcohol motifs (C(OH)–C–C–N with tert-alkyl or cyclic N) is 1. The molecular weight excluding hydrogens is 643 g/mol. The summed E-state index contributed by atoms with van der Waals surface area (Å²) in [5, 5.41) is 45.3. The standard InChI is InChI=1S/C32H34F3N3O8S/c33-32(34,35)31(41,21-36-16-14-26(15-17-36)47(45,46)25-10-6-22(7-11-25)8-13-30(39)40)28-20-38(44,19-23-4-2-1-3-5-23)29-18-24(37(42)43)9-12-27(28)29/h1-7,9-12,18,26,28,41H,8,13-17,19-21H2,(H,39,40). The zero-order valence-electron chi connectivity index (χ0n) is 25.2. The molecule has 0 amide bonds. The number of alkyl halides is 3. The van der Waals surface area contributed by atoms with Gasteiger partial charge in [-0.3, -0.25) is 14.9 Å². The summed E-state index contributed by atoms with van der Waals surface area (Å²) in [6.45, 7) is -2.08. The fourth-order valence-corrected chi connectivity index (χ4v) is 8.36. The number of quaternary nitrogens is 1. The van der Waals surface area contributed by atoms with E-state index in [1.54, 1.807) is 30.3 Å². The Morgan fingerprint density at radius 3 is 2.21 bits per heavy atom. The van der Waals surface area contributed by atoms with Gasteiger partial charge in [0.2, 0.25) is 0 Å². The van der Waals surface area contributed by atoms with Gasteiger partial charge in [-0.1, -0.05) is 42.5 Å². The average molecular weight is 678 g/mol. The molecule has 0 aliphatic carbocycles. The van der Waals surface area contributed by atoms with Crippen LogP contribution in [0.3, 0.4) is 0 Å². The number of aliphatic hydroxyl groups is 1. The summed E-state index contributed by atoms with van der Waals surface area (Å²) in [6.07, 6.45) is -5.08. The number of rotatable bonds is 11. The van der Waals surface area contributed by atoms with Crippen molar-refractivity contribution in [2.45, 2.75) is 60.1 Å². The highest BCUT2D eigenvalue weighted by Crippen LogP contribution is 2.52. The second kappa shape index (κ2) is 13.0. The number of nitro benzene ring substituents is 1. The number of benzene rings is 3. The first-order valence-corrected chi connectivity index (χ1v) is 16.6. The first-order chi connectivity index (χ1) is 22.0. The lowest BCUT2D eigenvalue weighted by Crippen LogP contribution is -2.60. The largest absolute Gasteiger partial charge is 0.627 e. The van der Waals surface area contributed by atoms with Gasteiger partial charge in [0.15, 0.2) is 15.4 Å². The monoisotopic (exact) mass is 677 g/mol. The number of aliphatic carboxylic acids is 1. The average Bonchev–Trinajstić information content (AvgIpc) is 3.32. The summed E-state index contributed by atoms with van der Waals surface area (Å²) in [6, 6.07) is 17.3. The number of carboxylic acids is 1. The number of hydroxylamine groups is 2. The van der Waals surface area contributed by atoms with Crippen LogP contribution in [0, 0.1) is 15.3 Å². The van der Waals surface area contributed by atoms with Gasteiger partial charge in [-0.05, 0) is 56.1 Å². The Morgan fingerprint density at radius 1 is 1.00 bits per heavy atom. The first-order valence-electron chi connectivity index (χ1n) is 15.0. The van der Waals surface area contributed by atoms with Gasteiger partial charge < -0.3 is 25.0 Å². The molecule has 3 unspecified atom stereocenters. The molecule has 0 saturated carbocycles. The summed E-state index contributed by atoms with van der Waals surface area (Å²) in [4.78, 5) is 23.0. The summed E-state index contributed by atoms with van der Waals surface area (Å²) < 4.78 is 70.0. The maximum absolute atomic E-state index is 14.9. The molecule has 1 fully saturated rings. The number of likely N-dealkylation sites (tertiary alicyclic amines) is 1. The van der Waals surface area contributed by atoms with Gasteiger partial charge in [0.1, 0.15) is 12.2 Å². The van der Waals surface area contributed by atoms with E-state index in [9.17, 15) is 46.8 Å². The normalized spacial score (nSPS) is 22.0. The van der Waals surface area contributed by atoms with Crippen molar-refractivity contribution >= 4 is 27.2 Å². The van der Waals surface area contributed by atoms with Gasteiger partial charge in [0.05, 0.1) is 33.6 Å². The molecule has 3 aromatic carbocycles. The highest BCUT2D eigenvalue weighted by Gasteiger charge is 2.64. The predicted molar refractivity (Wildman–Crippen MR) is 166 cm³/mol. The number of carboxylic acid groups (broad SMARTS) is 1. The number of sulfone groups is 1. The molecule has 5 rings (SSSR count). The molecule has 252 valence electrons. The molecule has 47 heavy (non-hydrogen) atoms. The molecule has 0 aromatic heterocycles. The van der Waals surface area contributed by atoms with Crippen LogP contribution in [0.2, 0.25) is 0 Å². The second-order valence-corrected chi connectivity index (χ2v) is 14.5. The molecule has 0 spiro atoms. The van der Waals surface area contributed by atoms with Crippen LogP contribution in [0.4, 0.5) is 24.5 Å². The molecule has 1 saturated heterocycles. The van der Waals surface area contributed by atoms with E-state index in [0.29, 0.717) is 11.1 Å². The topological polar surface area (TPSA) is 161 Å². The minimum Gasteiger partial charge on any atom is -0.627 e. The first kappa shape index (κ1) is 34.4. The van der Waals surface area contributed by atoms with Crippen LogP contribution in [-0.2, 0) is 27.6 Å². The Kier molecular flexibility index (Phi) is 9.50. The van der Waals surface area contributed by atoms with E-state index in [0.717, 1.165) is 18.2 Å². The van der Waals surface area contributed by atoms with Crippen LogP contribution in [0.25, 0.3) is 0 Å². The number of non-ortho nitro benzene ring substituents is 1. The predicted octanol–water partition coefficient (Wildman–Crippen LogP) is 4.95. The number of hydrogen-bond acceptors (Lipinski definition) is 8. The molecule has 2 aliphatic heterocycles. The number of piperidine rings is 1. The van der Waals surface area contributed by atoms with Crippen molar-refractivity contribution in [1.82, 2.24) is 9.55 Å². The van der Waals surface area contributed by atoms with E-state index in [1.807, 2.05) is 0 Å². The maximum atomic E-state index is 14.9. The lowest BCUT2D eigenvalue weighted by molar-refractivity contribution is -0.384. The number of hydrogen-bond donors (Lipinski definition) is 2. The van der Waals surface area contributed by atoms with Gasteiger partial charge in [0.25, 0.3) is 5.69 Å². The Labute approximate surface area is 269 Å². The van der Waals surface area contributed by atoms with Gasteiger partial charge in [-0.25, -0.2) is 8.42 Å². The molecule has 3 aromatic rings. The zero-order chi connectivity index (χ0) is 34.2. The Hall–Kier alpha value is -3.89. The lowest BCUT2D eigenvalue weighted by Gasteiger charge is -2.43. The van der Waals surface area contributed by atoms with Gasteiger partial charge in [0, 0.05) is 30.2 Å². The number of carbonyl (C=O) groups is 1. The van der Waals surface area contributed by atoms with Crippen LogP contribution >= 0.6 is 0 Å². The van der Waals surface area contributed by atoms with Crippen molar-refractivity contribution in [3.63, 3.8) is 0 Å². The van der Waals surface area contributed by atoms with Gasteiger partial charge in [-0.2, -0.15) is 13.2 Å². The van der Waals surface area contributed by atoms with E-state index in [1.165, 1.54) is 29.2 Å². The third-order valence-electron chi connectivity index (χ3n) is 9.18. The van der Waals surface area contributed by atoms with Crippen molar-refractivity contribution in [2.75, 3.05) is 26.2 Å². The fraction of sp³-hybridized carbons (Fsp3) is 0.406. The molecule has 3 atom stereocenters. The van der Waals surface area contributed by atoms with Crippen molar-refractivity contribution in [3.8, 4) is 0 Å². The van der Waals surface area contributed by atoms with Crippen LogP contribution in [0.1, 0.15) is 41.9 Å². The summed E-state index contributed by atoms with van der Waals surface area (Å²) in [5.41, 5.74) is -3.05. The molecular formula is C32H34F3N3O8S.